The van der Waals surface area contributed by atoms with Gasteiger partial charge in [0, 0.05) is 23.1 Å². The Morgan fingerprint density at radius 3 is 2.78 bits per heavy atom. The molecule has 0 unspecified atom stereocenters. The molecule has 0 fully saturated rings. The fourth-order valence-corrected chi connectivity index (χ4v) is 3.76. The molecule has 1 aromatic heterocycles. The molecule has 3 nitrogen and oxygen atoms in total. The highest BCUT2D eigenvalue weighted by molar-refractivity contribution is 7.99. The minimum Gasteiger partial charge on any atom is -0.302 e. The molecular formula is C16H12F2N2OS2. The van der Waals surface area contributed by atoms with Gasteiger partial charge >= 0.3 is 0 Å². The van der Waals surface area contributed by atoms with Gasteiger partial charge in [0.2, 0.25) is 5.91 Å². The van der Waals surface area contributed by atoms with Crippen molar-refractivity contribution in [2.75, 3.05) is 11.1 Å². The van der Waals surface area contributed by atoms with E-state index < -0.39 is 11.6 Å². The van der Waals surface area contributed by atoms with Crippen LogP contribution in [0.1, 0.15) is 6.42 Å². The second-order valence-electron chi connectivity index (χ2n) is 4.71. The van der Waals surface area contributed by atoms with Gasteiger partial charge in [0.1, 0.15) is 11.3 Å². The van der Waals surface area contributed by atoms with Gasteiger partial charge in [0.15, 0.2) is 10.9 Å². The van der Waals surface area contributed by atoms with Crippen molar-refractivity contribution in [3.63, 3.8) is 0 Å². The summed E-state index contributed by atoms with van der Waals surface area (Å²) in [7, 11) is 0. The maximum atomic E-state index is 13.6. The van der Waals surface area contributed by atoms with Gasteiger partial charge in [-0.15, -0.1) is 11.8 Å². The van der Waals surface area contributed by atoms with Crippen molar-refractivity contribution in [3.8, 4) is 0 Å². The quantitative estimate of drug-likeness (QED) is 0.679. The van der Waals surface area contributed by atoms with E-state index in [4.69, 9.17) is 0 Å². The van der Waals surface area contributed by atoms with Crippen LogP contribution in [0.15, 0.2) is 47.4 Å². The van der Waals surface area contributed by atoms with Crippen LogP contribution in [0, 0.1) is 11.6 Å². The first-order valence-corrected chi connectivity index (χ1v) is 8.65. The molecular weight excluding hydrogens is 338 g/mol. The van der Waals surface area contributed by atoms with E-state index in [1.165, 1.54) is 6.07 Å². The van der Waals surface area contributed by atoms with E-state index in [2.05, 4.69) is 10.3 Å². The summed E-state index contributed by atoms with van der Waals surface area (Å²) in [6.07, 6.45) is 0.312. The number of rotatable bonds is 5. The molecule has 0 aliphatic rings. The van der Waals surface area contributed by atoms with Crippen molar-refractivity contribution in [1.29, 1.82) is 0 Å². The van der Waals surface area contributed by atoms with Crippen LogP contribution in [0.3, 0.4) is 0 Å². The van der Waals surface area contributed by atoms with Crippen LogP contribution in [-0.4, -0.2) is 16.6 Å². The fourth-order valence-electron chi connectivity index (χ4n) is 1.97. The van der Waals surface area contributed by atoms with Crippen LogP contribution < -0.4 is 5.32 Å². The van der Waals surface area contributed by atoms with Crippen LogP contribution >= 0.6 is 23.1 Å². The molecule has 0 bridgehead atoms. The third-order valence-electron chi connectivity index (χ3n) is 3.00. The van der Waals surface area contributed by atoms with Gasteiger partial charge in [0.05, 0.1) is 4.70 Å². The lowest BCUT2D eigenvalue weighted by Gasteiger charge is -2.02. The first-order valence-electron chi connectivity index (χ1n) is 6.85. The van der Waals surface area contributed by atoms with E-state index in [0.29, 0.717) is 16.9 Å². The molecule has 1 N–H and O–H groups in total. The van der Waals surface area contributed by atoms with Crippen LogP contribution in [-0.2, 0) is 4.79 Å². The number of carbonyl (C=O) groups is 1. The average molecular weight is 350 g/mol. The standard InChI is InChI=1S/C16H12F2N2OS2/c17-10-8-12(18)15-13(9-10)23-16(20-15)19-14(21)6-7-22-11-4-2-1-3-5-11/h1-5,8-9H,6-7H2,(H,19,20,21). The van der Waals surface area contributed by atoms with Crippen molar-refractivity contribution in [2.24, 2.45) is 0 Å². The summed E-state index contributed by atoms with van der Waals surface area (Å²) >= 11 is 2.64. The smallest absolute Gasteiger partial charge is 0.226 e. The number of halogens is 2. The van der Waals surface area contributed by atoms with E-state index >= 15 is 0 Å². The van der Waals surface area contributed by atoms with Gasteiger partial charge in [0.25, 0.3) is 0 Å². The lowest BCUT2D eigenvalue weighted by atomic mass is 10.3. The van der Waals surface area contributed by atoms with E-state index in [1.807, 2.05) is 30.3 Å². The molecule has 0 saturated carbocycles. The summed E-state index contributed by atoms with van der Waals surface area (Å²) in [5.41, 5.74) is 0.0744. The summed E-state index contributed by atoms with van der Waals surface area (Å²) in [6.45, 7) is 0. The zero-order valence-corrected chi connectivity index (χ0v) is 13.5. The molecule has 2 aromatic carbocycles. The summed E-state index contributed by atoms with van der Waals surface area (Å²) in [6, 6.07) is 11.8. The monoisotopic (exact) mass is 350 g/mol. The molecule has 23 heavy (non-hydrogen) atoms. The Hall–Kier alpha value is -1.99. The maximum Gasteiger partial charge on any atom is 0.226 e. The van der Waals surface area contributed by atoms with Gasteiger partial charge in [-0.3, -0.25) is 4.79 Å². The average Bonchev–Trinajstić information content (AvgIpc) is 2.91. The highest BCUT2D eigenvalue weighted by atomic mass is 32.2. The van der Waals surface area contributed by atoms with Crippen LogP contribution in [0.5, 0.6) is 0 Å². The molecule has 118 valence electrons. The normalized spacial score (nSPS) is 10.9. The van der Waals surface area contributed by atoms with Crippen molar-refractivity contribution in [1.82, 2.24) is 4.98 Å². The predicted molar refractivity (Wildman–Crippen MR) is 89.9 cm³/mol. The SMILES string of the molecule is O=C(CCSc1ccccc1)Nc1nc2c(F)cc(F)cc2s1. The lowest BCUT2D eigenvalue weighted by molar-refractivity contribution is -0.115. The van der Waals surface area contributed by atoms with Gasteiger partial charge in [-0.1, -0.05) is 29.5 Å². The van der Waals surface area contributed by atoms with Crippen molar-refractivity contribution in [3.05, 3.63) is 54.1 Å². The van der Waals surface area contributed by atoms with E-state index in [9.17, 15) is 13.6 Å². The second-order valence-corrected chi connectivity index (χ2v) is 6.91. The number of anilines is 1. The third kappa shape index (κ3) is 4.05. The fraction of sp³-hybridized carbons (Fsp3) is 0.125. The second kappa shape index (κ2) is 7.06. The van der Waals surface area contributed by atoms with Gasteiger partial charge < -0.3 is 5.32 Å². The number of fused-ring (bicyclic) bond motifs is 1. The summed E-state index contributed by atoms with van der Waals surface area (Å²) in [4.78, 5) is 17.0. The zero-order valence-electron chi connectivity index (χ0n) is 11.9. The molecule has 3 rings (SSSR count). The van der Waals surface area contributed by atoms with E-state index in [1.54, 1.807) is 11.8 Å². The number of thioether (sulfide) groups is 1. The zero-order chi connectivity index (χ0) is 16.2. The molecule has 3 aromatic rings. The molecule has 0 atom stereocenters. The highest BCUT2D eigenvalue weighted by Gasteiger charge is 2.12. The summed E-state index contributed by atoms with van der Waals surface area (Å²) in [5.74, 6) is -0.954. The molecule has 1 amide bonds. The Morgan fingerprint density at radius 1 is 1.22 bits per heavy atom. The summed E-state index contributed by atoms with van der Waals surface area (Å²) in [5, 5.41) is 2.91. The molecule has 1 heterocycles. The number of nitrogens with zero attached hydrogens (tertiary/aromatic N) is 1. The number of benzene rings is 2. The topological polar surface area (TPSA) is 42.0 Å². The Labute approximate surface area is 139 Å². The molecule has 0 aliphatic carbocycles. The molecule has 0 aliphatic heterocycles. The Bertz CT molecular complexity index is 837. The van der Waals surface area contributed by atoms with Gasteiger partial charge in [-0.2, -0.15) is 0 Å². The number of amides is 1. The number of thiazole rings is 1. The Kier molecular flexibility index (Phi) is 4.88. The van der Waals surface area contributed by atoms with Gasteiger partial charge in [-0.05, 0) is 18.2 Å². The third-order valence-corrected chi connectivity index (χ3v) is 4.93. The van der Waals surface area contributed by atoms with Crippen molar-refractivity contribution < 1.29 is 13.6 Å². The first kappa shape index (κ1) is 15.9. The van der Waals surface area contributed by atoms with Crippen LogP contribution in [0.2, 0.25) is 0 Å². The number of hydrogen-bond acceptors (Lipinski definition) is 4. The number of aromatic nitrogens is 1. The Morgan fingerprint density at radius 2 is 2.00 bits per heavy atom. The lowest BCUT2D eigenvalue weighted by Crippen LogP contribution is -2.11. The minimum atomic E-state index is -0.726. The first-order chi connectivity index (χ1) is 11.1. The number of carbonyl (C=O) groups excluding carboxylic acids is 1. The van der Waals surface area contributed by atoms with Gasteiger partial charge in [-0.25, -0.2) is 13.8 Å². The molecule has 0 saturated heterocycles. The Balaban J connectivity index is 1.58. The van der Waals surface area contributed by atoms with Crippen LogP contribution in [0.25, 0.3) is 10.2 Å². The highest BCUT2D eigenvalue weighted by Crippen LogP contribution is 2.28. The maximum absolute atomic E-state index is 13.6. The van der Waals surface area contributed by atoms with Crippen LogP contribution in [0.4, 0.5) is 13.9 Å². The minimum absolute atomic E-state index is 0.0744. The predicted octanol–water partition coefficient (Wildman–Crippen LogP) is 4.70. The van der Waals surface area contributed by atoms with E-state index in [-0.39, 0.29) is 16.6 Å². The number of hydrogen-bond donors (Lipinski definition) is 1. The largest absolute Gasteiger partial charge is 0.302 e. The molecule has 0 spiro atoms. The van der Waals surface area contributed by atoms with E-state index in [0.717, 1.165) is 22.3 Å². The number of nitrogens with one attached hydrogen (secondary N) is 1. The molecule has 7 heteroatoms. The summed E-state index contributed by atoms with van der Waals surface area (Å²) < 4.78 is 27.1. The van der Waals surface area contributed by atoms with Crippen molar-refractivity contribution >= 4 is 44.4 Å². The van der Waals surface area contributed by atoms with Crippen molar-refractivity contribution in [2.45, 2.75) is 11.3 Å². The molecule has 0 radical (unpaired) electrons.